The molecule has 2 N–H and O–H groups in total. The molecule has 1 aromatic carbocycles. The smallest absolute Gasteiger partial charge is 0.337 e. The average molecular weight is 423 g/mol. The van der Waals surface area contributed by atoms with Gasteiger partial charge in [-0.05, 0) is 53.6 Å². The Kier molecular flexibility index (Phi) is 4.81. The van der Waals surface area contributed by atoms with Crippen molar-refractivity contribution >= 4 is 61.2 Å². The number of aromatic carboxylic acids is 1. The van der Waals surface area contributed by atoms with Gasteiger partial charge in [-0.2, -0.15) is 0 Å². The molecule has 1 atom stereocenters. The molecular formula is C13H13Br2NO3S. The molecule has 0 bridgehead atoms. The molecule has 1 saturated heterocycles. The van der Waals surface area contributed by atoms with Crippen molar-refractivity contribution < 1.29 is 14.7 Å². The van der Waals surface area contributed by atoms with Crippen molar-refractivity contribution in [1.82, 2.24) is 0 Å². The van der Waals surface area contributed by atoms with Gasteiger partial charge in [-0.25, -0.2) is 4.79 Å². The second kappa shape index (κ2) is 6.07. The number of carboxylic acids is 1. The minimum atomic E-state index is -1.08. The first-order valence-electron chi connectivity index (χ1n) is 6.01. The maximum Gasteiger partial charge on any atom is 0.337 e. The summed E-state index contributed by atoms with van der Waals surface area (Å²) in [5.41, 5.74) is 0.366. The molecule has 2 rings (SSSR count). The summed E-state index contributed by atoms with van der Waals surface area (Å²) >= 11 is 8.17. The van der Waals surface area contributed by atoms with Crippen molar-refractivity contribution in [2.24, 2.45) is 0 Å². The van der Waals surface area contributed by atoms with E-state index in [1.807, 2.05) is 6.92 Å². The number of nitrogens with one attached hydrogen (secondary N) is 1. The van der Waals surface area contributed by atoms with E-state index in [1.54, 1.807) is 17.8 Å². The molecule has 0 saturated carbocycles. The van der Waals surface area contributed by atoms with Gasteiger partial charge in [0.1, 0.15) is 0 Å². The lowest BCUT2D eigenvalue weighted by Crippen LogP contribution is -2.35. The van der Waals surface area contributed by atoms with Crippen molar-refractivity contribution in [2.75, 3.05) is 11.1 Å². The number of rotatable bonds is 3. The van der Waals surface area contributed by atoms with Gasteiger partial charge in [-0.3, -0.25) is 4.79 Å². The Morgan fingerprint density at radius 2 is 2.10 bits per heavy atom. The Hall–Kier alpha value is -0.530. The topological polar surface area (TPSA) is 66.4 Å². The van der Waals surface area contributed by atoms with Crippen molar-refractivity contribution in [3.05, 3.63) is 26.6 Å². The number of hydrogen-bond donors (Lipinski definition) is 2. The van der Waals surface area contributed by atoms with Crippen molar-refractivity contribution in [3.8, 4) is 0 Å². The molecule has 1 aromatic rings. The minimum Gasteiger partial charge on any atom is -0.478 e. The van der Waals surface area contributed by atoms with Crippen LogP contribution in [0.15, 0.2) is 21.1 Å². The van der Waals surface area contributed by atoms with Gasteiger partial charge >= 0.3 is 5.97 Å². The molecule has 0 spiro atoms. The Labute approximate surface area is 138 Å². The number of amides is 1. The van der Waals surface area contributed by atoms with E-state index in [0.29, 0.717) is 14.6 Å². The van der Waals surface area contributed by atoms with Crippen molar-refractivity contribution in [2.45, 2.75) is 24.5 Å². The fourth-order valence-corrected chi connectivity index (χ4v) is 4.61. The lowest BCUT2D eigenvalue weighted by molar-refractivity contribution is -0.118. The van der Waals surface area contributed by atoms with E-state index in [2.05, 4.69) is 37.2 Å². The number of thioether (sulfide) groups is 1. The van der Waals surface area contributed by atoms with Crippen LogP contribution in [0.1, 0.15) is 30.1 Å². The number of carboxylic acid groups (broad SMARTS) is 1. The molecule has 0 aromatic heterocycles. The van der Waals surface area contributed by atoms with E-state index in [1.165, 1.54) is 6.07 Å². The molecule has 20 heavy (non-hydrogen) atoms. The van der Waals surface area contributed by atoms with Crippen LogP contribution in [-0.4, -0.2) is 27.5 Å². The van der Waals surface area contributed by atoms with Gasteiger partial charge in [0.2, 0.25) is 5.91 Å². The third-order valence-corrected chi connectivity index (χ3v) is 5.83. The summed E-state index contributed by atoms with van der Waals surface area (Å²) in [6.45, 7) is 1.90. The Balaban J connectivity index is 2.33. The van der Waals surface area contributed by atoms with E-state index < -0.39 is 10.7 Å². The highest BCUT2D eigenvalue weighted by molar-refractivity contribution is 9.11. The summed E-state index contributed by atoms with van der Waals surface area (Å²) in [5.74, 6) is -0.269. The molecular weight excluding hydrogens is 410 g/mol. The quantitative estimate of drug-likeness (QED) is 0.768. The molecule has 108 valence electrons. The number of anilines is 1. The van der Waals surface area contributed by atoms with E-state index in [9.17, 15) is 14.7 Å². The summed E-state index contributed by atoms with van der Waals surface area (Å²) in [7, 11) is 0. The van der Waals surface area contributed by atoms with E-state index in [4.69, 9.17) is 0 Å². The van der Waals surface area contributed by atoms with Gasteiger partial charge < -0.3 is 10.4 Å². The van der Waals surface area contributed by atoms with Gasteiger partial charge in [0.25, 0.3) is 0 Å². The van der Waals surface area contributed by atoms with Gasteiger partial charge in [-0.1, -0.05) is 15.9 Å². The number of benzene rings is 1. The normalized spacial score (nSPS) is 21.8. The summed E-state index contributed by atoms with van der Waals surface area (Å²) < 4.78 is 0.702. The first kappa shape index (κ1) is 15.9. The van der Waals surface area contributed by atoms with Crippen LogP contribution in [0, 0.1) is 0 Å². The SMILES string of the molecule is CC1(C(=O)Nc2c(Br)cc(Br)cc2C(=O)O)CCCS1. The second-order valence-electron chi connectivity index (χ2n) is 4.75. The van der Waals surface area contributed by atoms with E-state index in [-0.39, 0.29) is 11.5 Å². The summed E-state index contributed by atoms with van der Waals surface area (Å²) in [5, 5.41) is 12.0. The average Bonchev–Trinajstić information content (AvgIpc) is 2.80. The largest absolute Gasteiger partial charge is 0.478 e. The number of halogens is 2. The highest BCUT2D eigenvalue weighted by Crippen LogP contribution is 2.40. The van der Waals surface area contributed by atoms with Crippen LogP contribution in [0.3, 0.4) is 0 Å². The third kappa shape index (κ3) is 3.20. The second-order valence-corrected chi connectivity index (χ2v) is 8.12. The van der Waals surface area contributed by atoms with Crippen LogP contribution in [-0.2, 0) is 4.79 Å². The molecule has 1 fully saturated rings. The molecule has 1 amide bonds. The first-order valence-corrected chi connectivity index (χ1v) is 8.58. The third-order valence-electron chi connectivity index (χ3n) is 3.22. The van der Waals surface area contributed by atoms with Crippen LogP contribution < -0.4 is 5.32 Å². The van der Waals surface area contributed by atoms with Gasteiger partial charge in [0.05, 0.1) is 16.0 Å². The number of carbonyl (C=O) groups excluding carboxylic acids is 1. The van der Waals surface area contributed by atoms with Gasteiger partial charge in [0.15, 0.2) is 0 Å². The molecule has 0 aliphatic carbocycles. The zero-order valence-corrected chi connectivity index (χ0v) is 14.7. The fraction of sp³-hybridized carbons (Fsp3) is 0.385. The summed E-state index contributed by atoms with van der Waals surface area (Å²) in [6, 6.07) is 3.19. The number of hydrogen-bond acceptors (Lipinski definition) is 3. The number of carbonyl (C=O) groups is 2. The van der Waals surface area contributed by atoms with E-state index in [0.717, 1.165) is 18.6 Å². The maximum absolute atomic E-state index is 12.4. The van der Waals surface area contributed by atoms with Crippen LogP contribution in [0.2, 0.25) is 0 Å². The predicted molar refractivity (Wildman–Crippen MR) is 87.5 cm³/mol. The van der Waals surface area contributed by atoms with Gasteiger partial charge in [0, 0.05) is 8.95 Å². The summed E-state index contributed by atoms with van der Waals surface area (Å²) in [4.78, 5) is 23.7. The van der Waals surface area contributed by atoms with Crippen LogP contribution in [0.25, 0.3) is 0 Å². The lowest BCUT2D eigenvalue weighted by Gasteiger charge is -2.22. The zero-order valence-electron chi connectivity index (χ0n) is 10.7. The molecule has 1 heterocycles. The van der Waals surface area contributed by atoms with Crippen LogP contribution in [0.5, 0.6) is 0 Å². The van der Waals surface area contributed by atoms with Crippen LogP contribution in [0.4, 0.5) is 5.69 Å². The monoisotopic (exact) mass is 421 g/mol. The highest BCUT2D eigenvalue weighted by Gasteiger charge is 2.37. The lowest BCUT2D eigenvalue weighted by atomic mass is 10.0. The summed E-state index contributed by atoms with van der Waals surface area (Å²) in [6.07, 6.45) is 1.81. The predicted octanol–water partition coefficient (Wildman–Crippen LogP) is 4.13. The van der Waals surface area contributed by atoms with Crippen molar-refractivity contribution in [3.63, 3.8) is 0 Å². The Morgan fingerprint density at radius 3 is 2.65 bits per heavy atom. The Bertz CT molecular complexity index is 571. The van der Waals surface area contributed by atoms with Crippen LogP contribution >= 0.6 is 43.6 Å². The van der Waals surface area contributed by atoms with E-state index >= 15 is 0 Å². The molecule has 1 aliphatic rings. The highest BCUT2D eigenvalue weighted by atomic mass is 79.9. The first-order chi connectivity index (χ1) is 9.33. The molecule has 0 radical (unpaired) electrons. The Morgan fingerprint density at radius 1 is 1.40 bits per heavy atom. The molecule has 1 aliphatic heterocycles. The maximum atomic E-state index is 12.4. The molecule has 1 unspecified atom stereocenters. The zero-order chi connectivity index (χ0) is 14.9. The molecule has 4 nitrogen and oxygen atoms in total. The minimum absolute atomic E-state index is 0.0613. The standard InChI is InChI=1S/C13H13Br2NO3S/c1-13(3-2-4-20-13)12(19)16-10-8(11(17)18)5-7(14)6-9(10)15/h5-6H,2-4H2,1H3,(H,16,19)(H,17,18). The molecule has 7 heteroatoms. The van der Waals surface area contributed by atoms with Gasteiger partial charge in [-0.15, -0.1) is 11.8 Å². The fourth-order valence-electron chi connectivity index (χ4n) is 2.07. The van der Waals surface area contributed by atoms with Crippen molar-refractivity contribution in [1.29, 1.82) is 0 Å².